The van der Waals surface area contributed by atoms with Crippen molar-refractivity contribution in [3.05, 3.63) is 63.1 Å². The smallest absolute Gasteiger partial charge is 0.276 e. The van der Waals surface area contributed by atoms with Crippen molar-refractivity contribution in [2.45, 2.75) is 6.92 Å². The molecule has 0 aromatic heterocycles. The Morgan fingerprint density at radius 2 is 1.85 bits per heavy atom. The third kappa shape index (κ3) is 6.29. The highest BCUT2D eigenvalue weighted by molar-refractivity contribution is 9.10. The molecule has 2 amide bonds. The van der Waals surface area contributed by atoms with Gasteiger partial charge < -0.3 is 4.74 Å². The molecule has 0 aliphatic rings. The molecule has 2 aromatic carbocycles. The number of thiocarbonyl (C=S) groups is 1. The number of benzene rings is 2. The molecule has 0 saturated carbocycles. The number of carbonyl (C=O) groups excluding carboxylic acids is 2. The lowest BCUT2D eigenvalue weighted by Crippen LogP contribution is -2.49. The first-order valence-electron chi connectivity index (χ1n) is 7.40. The molecule has 9 heteroatoms. The van der Waals surface area contributed by atoms with Gasteiger partial charge in [0.2, 0.25) is 0 Å². The zero-order chi connectivity index (χ0) is 19.1. The minimum absolute atomic E-state index is 0.0434. The molecule has 0 fully saturated rings. The summed E-state index contributed by atoms with van der Waals surface area (Å²) in [5.41, 5.74) is 6.07. The van der Waals surface area contributed by atoms with E-state index < -0.39 is 11.8 Å². The third-order valence-electron chi connectivity index (χ3n) is 3.14. The lowest BCUT2D eigenvalue weighted by molar-refractivity contribution is -0.123. The molecule has 2 aromatic rings. The molecule has 3 N–H and O–H groups in total. The van der Waals surface area contributed by atoms with Crippen LogP contribution in [0.15, 0.2) is 46.9 Å². The van der Waals surface area contributed by atoms with Crippen molar-refractivity contribution in [3.63, 3.8) is 0 Å². The van der Waals surface area contributed by atoms with E-state index in [2.05, 4.69) is 32.1 Å². The van der Waals surface area contributed by atoms with Crippen LogP contribution in [0, 0.1) is 6.92 Å². The fourth-order valence-corrected chi connectivity index (χ4v) is 2.63. The van der Waals surface area contributed by atoms with E-state index in [1.165, 1.54) is 0 Å². The number of nitrogens with one attached hydrogen (secondary N) is 3. The van der Waals surface area contributed by atoms with Crippen LogP contribution in [0.2, 0.25) is 5.02 Å². The maximum absolute atomic E-state index is 12.0. The van der Waals surface area contributed by atoms with Crippen LogP contribution in [0.25, 0.3) is 0 Å². The summed E-state index contributed by atoms with van der Waals surface area (Å²) in [7, 11) is 0. The van der Waals surface area contributed by atoms with Crippen LogP contribution in [-0.2, 0) is 4.79 Å². The minimum atomic E-state index is -0.449. The number of halogens is 2. The van der Waals surface area contributed by atoms with E-state index in [9.17, 15) is 9.59 Å². The average molecular weight is 457 g/mol. The van der Waals surface area contributed by atoms with Crippen molar-refractivity contribution in [3.8, 4) is 5.75 Å². The second kappa shape index (κ2) is 9.51. The van der Waals surface area contributed by atoms with Crippen LogP contribution in [0.4, 0.5) is 0 Å². The lowest BCUT2D eigenvalue weighted by Gasteiger charge is -2.12. The number of hydrogen-bond donors (Lipinski definition) is 3. The van der Waals surface area contributed by atoms with Gasteiger partial charge in [-0.1, -0.05) is 27.5 Å². The topological polar surface area (TPSA) is 79.5 Å². The fraction of sp³-hybridized carbons (Fsp3) is 0.118. The predicted octanol–water partition coefficient (Wildman–Crippen LogP) is 3.13. The van der Waals surface area contributed by atoms with Crippen molar-refractivity contribution >= 4 is 56.7 Å². The Balaban J connectivity index is 1.75. The molecule has 0 heterocycles. The number of carbonyl (C=O) groups is 2. The van der Waals surface area contributed by atoms with Gasteiger partial charge in [-0.25, -0.2) is 0 Å². The quantitative estimate of drug-likeness (QED) is 0.487. The Labute approximate surface area is 169 Å². The predicted molar refractivity (Wildman–Crippen MR) is 107 cm³/mol. The summed E-state index contributed by atoms with van der Waals surface area (Å²) in [5.74, 6) is -0.271. The van der Waals surface area contributed by atoms with E-state index in [-0.39, 0.29) is 11.7 Å². The Hall–Kier alpha value is -2.16. The van der Waals surface area contributed by atoms with E-state index in [1.54, 1.807) is 30.3 Å². The summed E-state index contributed by atoms with van der Waals surface area (Å²) in [5, 5.41) is 2.92. The number of rotatable bonds is 4. The van der Waals surface area contributed by atoms with Gasteiger partial charge in [-0.15, -0.1) is 0 Å². The molecule has 6 nitrogen and oxygen atoms in total. The molecule has 136 valence electrons. The van der Waals surface area contributed by atoms with Crippen molar-refractivity contribution in [1.82, 2.24) is 16.2 Å². The number of aryl methyl sites for hydroxylation is 1. The van der Waals surface area contributed by atoms with Gasteiger partial charge in [0.15, 0.2) is 11.7 Å². The molecule has 2 rings (SSSR count). The normalized spacial score (nSPS) is 9.96. The highest BCUT2D eigenvalue weighted by atomic mass is 79.9. The molecule has 0 spiro atoms. The Kier molecular flexibility index (Phi) is 7.38. The van der Waals surface area contributed by atoms with Gasteiger partial charge in [0.25, 0.3) is 11.8 Å². The third-order valence-corrected chi connectivity index (χ3v) is 4.09. The van der Waals surface area contributed by atoms with Crippen LogP contribution in [0.3, 0.4) is 0 Å². The van der Waals surface area contributed by atoms with Crippen LogP contribution >= 0.6 is 39.7 Å². The molecule has 0 radical (unpaired) electrons. The van der Waals surface area contributed by atoms with E-state index in [0.29, 0.717) is 16.3 Å². The van der Waals surface area contributed by atoms with Crippen molar-refractivity contribution in [2.75, 3.05) is 6.61 Å². The lowest BCUT2D eigenvalue weighted by atomic mass is 10.2. The first kappa shape index (κ1) is 20.2. The first-order valence-corrected chi connectivity index (χ1v) is 8.98. The summed E-state index contributed by atoms with van der Waals surface area (Å²) in [6, 6.07) is 11.8. The molecule has 0 saturated heterocycles. The second-order valence-corrected chi connectivity index (χ2v) is 6.92. The molecule has 0 aliphatic carbocycles. The SMILES string of the molecule is Cc1cc(Br)ccc1OCC(=O)NNC(=S)NC(=O)c1ccc(Cl)cc1. The molecular formula is C17H15BrClN3O3S. The van der Waals surface area contributed by atoms with Gasteiger partial charge >= 0.3 is 0 Å². The Morgan fingerprint density at radius 1 is 1.15 bits per heavy atom. The van der Waals surface area contributed by atoms with Gasteiger partial charge in [-0.3, -0.25) is 25.8 Å². The minimum Gasteiger partial charge on any atom is -0.483 e. The summed E-state index contributed by atoms with van der Waals surface area (Å²) >= 11 is 14.1. The van der Waals surface area contributed by atoms with Gasteiger partial charge in [0.1, 0.15) is 5.75 Å². The monoisotopic (exact) mass is 455 g/mol. The zero-order valence-electron chi connectivity index (χ0n) is 13.6. The van der Waals surface area contributed by atoms with Gasteiger partial charge in [-0.05, 0) is 67.2 Å². The Morgan fingerprint density at radius 3 is 2.50 bits per heavy atom. The molecule has 0 aliphatic heterocycles. The van der Waals surface area contributed by atoms with E-state index >= 15 is 0 Å². The summed E-state index contributed by atoms with van der Waals surface area (Å²) in [6.45, 7) is 1.67. The molecular weight excluding hydrogens is 442 g/mol. The molecule has 0 atom stereocenters. The van der Waals surface area contributed by atoms with E-state index in [4.69, 9.17) is 28.6 Å². The van der Waals surface area contributed by atoms with Gasteiger partial charge in [-0.2, -0.15) is 0 Å². The molecule has 26 heavy (non-hydrogen) atoms. The van der Waals surface area contributed by atoms with E-state index in [1.807, 2.05) is 19.1 Å². The Bertz CT molecular complexity index is 831. The van der Waals surface area contributed by atoms with Crippen LogP contribution < -0.4 is 20.9 Å². The van der Waals surface area contributed by atoms with Crippen molar-refractivity contribution < 1.29 is 14.3 Å². The highest BCUT2D eigenvalue weighted by Gasteiger charge is 2.09. The standard InChI is InChI=1S/C17H15BrClN3O3S/c1-10-8-12(18)4-7-14(10)25-9-15(23)21-22-17(26)20-16(24)11-2-5-13(19)6-3-11/h2-8H,9H2,1H3,(H,21,23)(H2,20,22,24,26). The zero-order valence-corrected chi connectivity index (χ0v) is 16.8. The molecule has 0 unspecified atom stereocenters. The summed E-state index contributed by atoms with van der Waals surface area (Å²) in [6.07, 6.45) is 0. The van der Waals surface area contributed by atoms with Crippen molar-refractivity contribution in [1.29, 1.82) is 0 Å². The van der Waals surface area contributed by atoms with Crippen LogP contribution in [-0.4, -0.2) is 23.5 Å². The molecule has 0 bridgehead atoms. The fourth-order valence-electron chi connectivity index (χ4n) is 1.89. The number of ether oxygens (including phenoxy) is 1. The van der Waals surface area contributed by atoms with Crippen molar-refractivity contribution in [2.24, 2.45) is 0 Å². The summed E-state index contributed by atoms with van der Waals surface area (Å²) < 4.78 is 6.36. The second-order valence-electron chi connectivity index (χ2n) is 5.16. The summed E-state index contributed by atoms with van der Waals surface area (Å²) in [4.78, 5) is 23.8. The largest absolute Gasteiger partial charge is 0.483 e. The van der Waals surface area contributed by atoms with Crippen LogP contribution in [0.5, 0.6) is 5.75 Å². The average Bonchev–Trinajstić information content (AvgIpc) is 2.59. The highest BCUT2D eigenvalue weighted by Crippen LogP contribution is 2.21. The van der Waals surface area contributed by atoms with Gasteiger partial charge in [0, 0.05) is 15.1 Å². The van der Waals surface area contributed by atoms with E-state index in [0.717, 1.165) is 10.0 Å². The maximum atomic E-state index is 12.0. The van der Waals surface area contributed by atoms with Crippen LogP contribution in [0.1, 0.15) is 15.9 Å². The number of amides is 2. The first-order chi connectivity index (χ1) is 12.3. The maximum Gasteiger partial charge on any atom is 0.276 e. The number of hydrazine groups is 1. The number of hydrogen-bond acceptors (Lipinski definition) is 4. The van der Waals surface area contributed by atoms with Gasteiger partial charge in [0.05, 0.1) is 0 Å².